The van der Waals surface area contributed by atoms with E-state index in [1.165, 1.54) is 16.8 Å². The molecule has 0 saturated carbocycles. The molecule has 4 heteroatoms. The third-order valence-corrected chi connectivity index (χ3v) is 4.29. The van der Waals surface area contributed by atoms with Crippen LogP contribution < -0.4 is 4.90 Å². The van der Waals surface area contributed by atoms with E-state index in [0.29, 0.717) is 0 Å². The van der Waals surface area contributed by atoms with Crippen LogP contribution >= 0.6 is 11.3 Å². The molecular weight excluding hydrogens is 244 g/mol. The van der Waals surface area contributed by atoms with Crippen molar-refractivity contribution in [2.45, 2.75) is 26.4 Å². The van der Waals surface area contributed by atoms with Crippen LogP contribution in [0.3, 0.4) is 0 Å². The Bertz CT molecular complexity index is 565. The maximum Gasteiger partial charge on any atom is 0.190 e. The van der Waals surface area contributed by atoms with Gasteiger partial charge in [-0.25, -0.2) is 4.98 Å². The highest BCUT2D eigenvalue weighted by Gasteiger charge is 2.20. The van der Waals surface area contributed by atoms with Gasteiger partial charge in [0.2, 0.25) is 0 Å². The van der Waals surface area contributed by atoms with Crippen molar-refractivity contribution in [3.63, 3.8) is 0 Å². The molecule has 0 amide bonds. The second-order valence-electron chi connectivity index (χ2n) is 4.65. The second kappa shape index (κ2) is 4.71. The normalized spacial score (nSPS) is 14.7. The molecular formula is C14H16N2OS. The van der Waals surface area contributed by atoms with Crippen LogP contribution in [-0.2, 0) is 13.0 Å². The Hall–Kier alpha value is -1.39. The fraction of sp³-hybridized carbons (Fsp3) is 0.357. The summed E-state index contributed by atoms with van der Waals surface area (Å²) in [5.74, 6) is 0. The number of nitrogens with zero attached hydrogens (tertiary/aromatic N) is 2. The molecule has 94 valence electrons. The van der Waals surface area contributed by atoms with Crippen LogP contribution in [0.15, 0.2) is 24.4 Å². The molecule has 0 atom stereocenters. The molecule has 0 aliphatic carbocycles. The highest BCUT2D eigenvalue weighted by molar-refractivity contribution is 7.15. The molecule has 0 unspecified atom stereocenters. The van der Waals surface area contributed by atoms with E-state index in [2.05, 4.69) is 35.0 Å². The summed E-state index contributed by atoms with van der Waals surface area (Å²) in [7, 11) is 0. The van der Waals surface area contributed by atoms with Crippen molar-refractivity contribution in [1.82, 2.24) is 4.98 Å². The number of aryl methyl sites for hydroxylation is 2. The first-order chi connectivity index (χ1) is 8.78. The number of rotatable bonds is 2. The minimum atomic E-state index is 0.0757. The molecule has 0 fully saturated rings. The lowest BCUT2D eigenvalue weighted by Crippen LogP contribution is -2.24. The second-order valence-corrected chi connectivity index (χ2v) is 5.75. The molecule has 2 aromatic rings. The third-order valence-electron chi connectivity index (χ3n) is 3.28. The van der Waals surface area contributed by atoms with Gasteiger partial charge in [0.15, 0.2) is 5.13 Å². The topological polar surface area (TPSA) is 36.4 Å². The number of thiazole rings is 1. The van der Waals surface area contributed by atoms with E-state index in [4.69, 9.17) is 5.11 Å². The first-order valence-electron chi connectivity index (χ1n) is 6.20. The van der Waals surface area contributed by atoms with Gasteiger partial charge in [0.05, 0.1) is 11.5 Å². The molecule has 2 heterocycles. The van der Waals surface area contributed by atoms with Gasteiger partial charge in [-0.05, 0) is 31.4 Å². The van der Waals surface area contributed by atoms with Crippen LogP contribution in [0.5, 0.6) is 0 Å². The zero-order chi connectivity index (χ0) is 12.5. The van der Waals surface area contributed by atoms with Crippen LogP contribution in [0.4, 0.5) is 10.8 Å². The largest absolute Gasteiger partial charge is 0.391 e. The van der Waals surface area contributed by atoms with Crippen LogP contribution in [0, 0.1) is 6.92 Å². The van der Waals surface area contributed by atoms with Crippen LogP contribution in [-0.4, -0.2) is 16.6 Å². The molecule has 3 rings (SSSR count). The number of fused-ring (bicyclic) bond motifs is 1. The van der Waals surface area contributed by atoms with E-state index in [0.717, 1.165) is 29.4 Å². The van der Waals surface area contributed by atoms with Gasteiger partial charge in [-0.3, -0.25) is 0 Å². The number of aromatic nitrogens is 1. The van der Waals surface area contributed by atoms with Gasteiger partial charge in [0.25, 0.3) is 0 Å². The summed E-state index contributed by atoms with van der Waals surface area (Å²) in [5.41, 5.74) is 3.98. The molecule has 1 aromatic heterocycles. The molecule has 18 heavy (non-hydrogen) atoms. The average molecular weight is 260 g/mol. The Morgan fingerprint density at radius 1 is 1.44 bits per heavy atom. The summed E-state index contributed by atoms with van der Waals surface area (Å²) in [6.45, 7) is 3.22. The fourth-order valence-electron chi connectivity index (χ4n) is 2.42. The third kappa shape index (κ3) is 2.02. The van der Waals surface area contributed by atoms with Crippen molar-refractivity contribution in [2.24, 2.45) is 0 Å². The fourth-order valence-corrected chi connectivity index (χ4v) is 3.23. The smallest absolute Gasteiger partial charge is 0.190 e. The Morgan fingerprint density at radius 2 is 2.33 bits per heavy atom. The molecule has 1 aromatic carbocycles. The quantitative estimate of drug-likeness (QED) is 0.901. The standard InChI is InChI=1S/C14H16N2OS/c1-10-4-5-13-11(7-10)3-2-6-16(13)14-15-8-12(9-17)18-14/h4-5,7-8,17H,2-3,6,9H2,1H3. The Labute approximate surface area is 111 Å². The maximum absolute atomic E-state index is 9.13. The highest BCUT2D eigenvalue weighted by Crippen LogP contribution is 2.35. The summed E-state index contributed by atoms with van der Waals surface area (Å²) < 4.78 is 0. The van der Waals surface area contributed by atoms with E-state index in [-0.39, 0.29) is 6.61 Å². The van der Waals surface area contributed by atoms with Crippen molar-refractivity contribution in [1.29, 1.82) is 0 Å². The molecule has 1 aliphatic rings. The molecule has 0 radical (unpaired) electrons. The molecule has 1 N–H and O–H groups in total. The van der Waals surface area contributed by atoms with Gasteiger partial charge >= 0.3 is 0 Å². The number of benzene rings is 1. The Balaban J connectivity index is 2.00. The number of aliphatic hydroxyl groups excluding tert-OH is 1. The SMILES string of the molecule is Cc1ccc2c(c1)CCCN2c1ncc(CO)s1. The van der Waals surface area contributed by atoms with Gasteiger partial charge in [0.1, 0.15) is 0 Å². The number of hydrogen-bond acceptors (Lipinski definition) is 4. The molecule has 0 saturated heterocycles. The van der Waals surface area contributed by atoms with Crippen molar-refractivity contribution < 1.29 is 5.11 Å². The van der Waals surface area contributed by atoms with E-state index >= 15 is 0 Å². The van der Waals surface area contributed by atoms with E-state index < -0.39 is 0 Å². The highest BCUT2D eigenvalue weighted by atomic mass is 32.1. The first kappa shape index (κ1) is 11.7. The minimum Gasteiger partial charge on any atom is -0.391 e. The molecule has 0 spiro atoms. The summed E-state index contributed by atoms with van der Waals surface area (Å²) >= 11 is 1.57. The lowest BCUT2D eigenvalue weighted by Gasteiger charge is -2.29. The van der Waals surface area contributed by atoms with E-state index in [1.54, 1.807) is 17.5 Å². The predicted molar refractivity (Wildman–Crippen MR) is 74.5 cm³/mol. The van der Waals surface area contributed by atoms with E-state index in [1.807, 2.05) is 0 Å². The Kier molecular flexibility index (Phi) is 3.06. The summed E-state index contributed by atoms with van der Waals surface area (Å²) in [4.78, 5) is 7.60. The summed E-state index contributed by atoms with van der Waals surface area (Å²) in [6.07, 6.45) is 4.07. The van der Waals surface area contributed by atoms with E-state index in [9.17, 15) is 0 Å². The van der Waals surface area contributed by atoms with Crippen molar-refractivity contribution in [3.8, 4) is 0 Å². The zero-order valence-corrected chi connectivity index (χ0v) is 11.2. The van der Waals surface area contributed by atoms with Crippen molar-refractivity contribution in [2.75, 3.05) is 11.4 Å². The van der Waals surface area contributed by atoms with Gasteiger partial charge in [-0.1, -0.05) is 29.0 Å². The summed E-state index contributed by atoms with van der Waals surface area (Å²) in [6, 6.07) is 6.60. The summed E-state index contributed by atoms with van der Waals surface area (Å²) in [5, 5.41) is 10.1. The van der Waals surface area contributed by atoms with Gasteiger partial charge in [0, 0.05) is 18.4 Å². The number of anilines is 2. The van der Waals surface area contributed by atoms with Crippen molar-refractivity contribution in [3.05, 3.63) is 40.4 Å². The van der Waals surface area contributed by atoms with Crippen molar-refractivity contribution >= 4 is 22.2 Å². The van der Waals surface area contributed by atoms with Crippen LogP contribution in [0.25, 0.3) is 0 Å². The maximum atomic E-state index is 9.13. The molecule has 3 nitrogen and oxygen atoms in total. The lowest BCUT2D eigenvalue weighted by molar-refractivity contribution is 0.285. The van der Waals surface area contributed by atoms with Gasteiger partial charge < -0.3 is 10.0 Å². The number of aliphatic hydroxyl groups is 1. The monoisotopic (exact) mass is 260 g/mol. The molecule has 0 bridgehead atoms. The van der Waals surface area contributed by atoms with Gasteiger partial charge in [-0.15, -0.1) is 0 Å². The first-order valence-corrected chi connectivity index (χ1v) is 7.02. The zero-order valence-electron chi connectivity index (χ0n) is 10.4. The molecule has 1 aliphatic heterocycles. The lowest BCUT2D eigenvalue weighted by atomic mass is 10.0. The number of hydrogen-bond donors (Lipinski definition) is 1. The van der Waals surface area contributed by atoms with Gasteiger partial charge in [-0.2, -0.15) is 0 Å². The van der Waals surface area contributed by atoms with Crippen LogP contribution in [0.1, 0.15) is 22.4 Å². The average Bonchev–Trinajstić information content (AvgIpc) is 2.86. The predicted octanol–water partition coefficient (Wildman–Crippen LogP) is 3.03. The van der Waals surface area contributed by atoms with Crippen LogP contribution in [0.2, 0.25) is 0 Å². The minimum absolute atomic E-state index is 0.0757. The Morgan fingerprint density at radius 3 is 3.11 bits per heavy atom.